The van der Waals surface area contributed by atoms with Crippen LogP contribution in [0, 0.1) is 5.82 Å². The number of para-hydroxylation sites is 1. The van der Waals surface area contributed by atoms with Gasteiger partial charge < -0.3 is 10.2 Å². The Morgan fingerprint density at radius 1 is 0.884 bits per heavy atom. The lowest BCUT2D eigenvalue weighted by atomic mass is 9.94. The predicted molar refractivity (Wildman–Crippen MR) is 169 cm³/mol. The molecule has 0 heterocycles. The molecule has 0 aliphatic heterocycles. The number of nitrogens with zero attached hydrogens (tertiary/aromatic N) is 2. The number of hydrogen-bond donors (Lipinski definition) is 1. The third-order valence-corrected chi connectivity index (χ3v) is 9.12. The normalized spacial score (nSPS) is 14.7. The van der Waals surface area contributed by atoms with Crippen LogP contribution in [0.1, 0.15) is 68.6 Å². The number of amides is 2. The van der Waals surface area contributed by atoms with Gasteiger partial charge in [0.2, 0.25) is 21.8 Å². The molecule has 0 bridgehead atoms. The van der Waals surface area contributed by atoms with E-state index in [1.54, 1.807) is 24.3 Å². The lowest BCUT2D eigenvalue weighted by molar-refractivity contribution is -0.140. The molecular formula is C34H42FN3O4S. The lowest BCUT2D eigenvalue weighted by Crippen LogP contribution is -2.55. The third kappa shape index (κ3) is 8.89. The minimum atomic E-state index is -3.87. The summed E-state index contributed by atoms with van der Waals surface area (Å²) in [6.07, 6.45) is 6.28. The Labute approximate surface area is 255 Å². The van der Waals surface area contributed by atoms with Crippen LogP contribution < -0.4 is 9.62 Å². The van der Waals surface area contributed by atoms with E-state index in [0.29, 0.717) is 11.3 Å². The topological polar surface area (TPSA) is 86.8 Å². The Morgan fingerprint density at radius 3 is 2.14 bits per heavy atom. The van der Waals surface area contributed by atoms with Gasteiger partial charge in [0.15, 0.2) is 0 Å². The Morgan fingerprint density at radius 2 is 1.51 bits per heavy atom. The fourth-order valence-corrected chi connectivity index (χ4v) is 6.55. The van der Waals surface area contributed by atoms with E-state index in [2.05, 4.69) is 5.32 Å². The molecule has 1 fully saturated rings. The first-order valence-corrected chi connectivity index (χ1v) is 16.8. The summed E-state index contributed by atoms with van der Waals surface area (Å²) in [5.41, 5.74) is 2.73. The van der Waals surface area contributed by atoms with Crippen LogP contribution in [0.4, 0.5) is 10.1 Å². The van der Waals surface area contributed by atoms with Gasteiger partial charge in [-0.1, -0.05) is 93.8 Å². The van der Waals surface area contributed by atoms with Crippen LogP contribution in [-0.4, -0.2) is 50.0 Å². The zero-order chi connectivity index (χ0) is 31.0. The standard InChI is InChI=1S/C34H42FN3O4S/c1-25(2)30-16-10-11-17-31(30)38(43(3,41)42)24-33(39)37(23-27-18-20-28(35)21-19-27)32(22-26-12-6-4-7-13-26)34(40)36-29-14-8-5-9-15-29/h4,6-7,10-13,16-21,25,29,32H,5,8-9,14-15,22-24H2,1-3H3,(H,36,40)/t32-/m0/s1. The van der Waals surface area contributed by atoms with E-state index in [1.807, 2.05) is 56.3 Å². The Kier molecular flexibility index (Phi) is 11.0. The minimum absolute atomic E-state index is 0.0120. The van der Waals surface area contributed by atoms with Gasteiger partial charge in [-0.2, -0.15) is 0 Å². The molecule has 43 heavy (non-hydrogen) atoms. The lowest BCUT2D eigenvalue weighted by Gasteiger charge is -2.35. The first-order valence-electron chi connectivity index (χ1n) is 15.0. The fraction of sp³-hybridized carbons (Fsp3) is 0.412. The third-order valence-electron chi connectivity index (χ3n) is 8.00. The summed E-state index contributed by atoms with van der Waals surface area (Å²) in [4.78, 5) is 29.8. The quantitative estimate of drug-likeness (QED) is 0.282. The van der Waals surface area contributed by atoms with Gasteiger partial charge in [-0.25, -0.2) is 12.8 Å². The van der Waals surface area contributed by atoms with Crippen LogP contribution in [0.2, 0.25) is 0 Å². The Bertz CT molecular complexity index is 1470. The molecule has 0 saturated heterocycles. The SMILES string of the molecule is CC(C)c1ccccc1N(CC(=O)N(Cc1ccc(F)cc1)[C@@H](Cc1ccccc1)C(=O)NC1CCCCC1)S(C)(=O)=O. The van der Waals surface area contributed by atoms with E-state index in [1.165, 1.54) is 17.0 Å². The second-order valence-corrected chi connectivity index (χ2v) is 13.6. The van der Waals surface area contributed by atoms with Crippen molar-refractivity contribution in [3.8, 4) is 0 Å². The first-order chi connectivity index (χ1) is 20.5. The monoisotopic (exact) mass is 607 g/mol. The number of halogens is 1. The summed E-state index contributed by atoms with van der Waals surface area (Å²) in [6.45, 7) is 3.46. The molecule has 2 amide bonds. The van der Waals surface area contributed by atoms with Crippen molar-refractivity contribution in [3.05, 3.63) is 101 Å². The highest BCUT2D eigenvalue weighted by Crippen LogP contribution is 2.29. The van der Waals surface area contributed by atoms with E-state index in [0.717, 1.165) is 53.8 Å². The van der Waals surface area contributed by atoms with Gasteiger partial charge in [-0.15, -0.1) is 0 Å². The average Bonchev–Trinajstić information content (AvgIpc) is 2.99. The van der Waals surface area contributed by atoms with Crippen LogP contribution in [0.15, 0.2) is 78.9 Å². The Balaban J connectivity index is 1.74. The van der Waals surface area contributed by atoms with Gasteiger partial charge >= 0.3 is 0 Å². The van der Waals surface area contributed by atoms with Crippen molar-refractivity contribution in [1.29, 1.82) is 0 Å². The molecular weight excluding hydrogens is 565 g/mol. The molecule has 0 unspecified atom stereocenters. The van der Waals surface area contributed by atoms with E-state index in [-0.39, 0.29) is 30.8 Å². The molecule has 1 N–H and O–H groups in total. The summed E-state index contributed by atoms with van der Waals surface area (Å²) in [7, 11) is -3.87. The van der Waals surface area contributed by atoms with Crippen molar-refractivity contribution in [2.45, 2.75) is 76.9 Å². The second kappa shape index (κ2) is 14.6. The van der Waals surface area contributed by atoms with Gasteiger partial charge in [-0.3, -0.25) is 13.9 Å². The molecule has 7 nitrogen and oxygen atoms in total. The predicted octanol–water partition coefficient (Wildman–Crippen LogP) is 5.80. The van der Waals surface area contributed by atoms with E-state index in [4.69, 9.17) is 0 Å². The molecule has 4 rings (SSSR count). The van der Waals surface area contributed by atoms with Crippen molar-refractivity contribution in [2.24, 2.45) is 0 Å². The molecule has 0 aromatic heterocycles. The number of rotatable bonds is 12. The van der Waals surface area contributed by atoms with Crippen molar-refractivity contribution in [2.75, 3.05) is 17.1 Å². The fourth-order valence-electron chi connectivity index (χ4n) is 5.68. The molecule has 1 saturated carbocycles. The molecule has 1 aliphatic carbocycles. The van der Waals surface area contributed by atoms with Gasteiger partial charge in [-0.05, 0) is 53.6 Å². The molecule has 0 spiro atoms. The van der Waals surface area contributed by atoms with Crippen molar-refractivity contribution in [3.63, 3.8) is 0 Å². The van der Waals surface area contributed by atoms with E-state index in [9.17, 15) is 22.4 Å². The highest BCUT2D eigenvalue weighted by Gasteiger charge is 2.34. The number of benzene rings is 3. The first kappa shape index (κ1) is 32.2. The molecule has 9 heteroatoms. The highest BCUT2D eigenvalue weighted by atomic mass is 32.2. The maximum Gasteiger partial charge on any atom is 0.244 e. The van der Waals surface area contributed by atoms with Gasteiger partial charge in [0.05, 0.1) is 11.9 Å². The van der Waals surface area contributed by atoms with Crippen LogP contribution in [0.25, 0.3) is 0 Å². The molecule has 230 valence electrons. The van der Waals surface area contributed by atoms with Gasteiger partial charge in [0.25, 0.3) is 0 Å². The number of carbonyl (C=O) groups excluding carboxylic acids is 2. The Hall–Kier alpha value is -3.72. The maximum absolute atomic E-state index is 14.3. The van der Waals surface area contributed by atoms with Crippen molar-refractivity contribution >= 4 is 27.5 Å². The van der Waals surface area contributed by atoms with Gasteiger partial charge in [0.1, 0.15) is 18.4 Å². The summed E-state index contributed by atoms with van der Waals surface area (Å²) in [5.74, 6) is -1.20. The average molecular weight is 608 g/mol. The molecule has 3 aromatic carbocycles. The smallest absolute Gasteiger partial charge is 0.244 e. The molecule has 0 radical (unpaired) electrons. The van der Waals surface area contributed by atoms with Crippen LogP contribution in [0.5, 0.6) is 0 Å². The number of carbonyl (C=O) groups is 2. The number of hydrogen-bond acceptors (Lipinski definition) is 4. The van der Waals surface area contributed by atoms with Crippen LogP contribution >= 0.6 is 0 Å². The van der Waals surface area contributed by atoms with Crippen LogP contribution in [0.3, 0.4) is 0 Å². The van der Waals surface area contributed by atoms with Crippen molar-refractivity contribution in [1.82, 2.24) is 10.2 Å². The zero-order valence-electron chi connectivity index (χ0n) is 25.2. The summed E-state index contributed by atoms with van der Waals surface area (Å²) in [6, 6.07) is 21.5. The van der Waals surface area contributed by atoms with E-state index >= 15 is 0 Å². The number of sulfonamides is 1. The molecule has 3 aromatic rings. The van der Waals surface area contributed by atoms with E-state index < -0.39 is 34.3 Å². The van der Waals surface area contributed by atoms with Crippen molar-refractivity contribution < 1.29 is 22.4 Å². The molecule has 1 atom stereocenters. The van der Waals surface area contributed by atoms with Gasteiger partial charge in [0, 0.05) is 19.0 Å². The zero-order valence-corrected chi connectivity index (χ0v) is 26.0. The maximum atomic E-state index is 14.3. The summed E-state index contributed by atoms with van der Waals surface area (Å²) < 4.78 is 41.2. The summed E-state index contributed by atoms with van der Waals surface area (Å²) >= 11 is 0. The molecule has 1 aliphatic rings. The summed E-state index contributed by atoms with van der Waals surface area (Å²) in [5, 5.41) is 3.18. The van der Waals surface area contributed by atoms with Crippen LogP contribution in [-0.2, 0) is 32.6 Å². The largest absolute Gasteiger partial charge is 0.352 e. The highest BCUT2D eigenvalue weighted by molar-refractivity contribution is 7.92. The number of anilines is 1. The minimum Gasteiger partial charge on any atom is -0.352 e. The number of nitrogens with one attached hydrogen (secondary N) is 1. The second-order valence-electron chi connectivity index (χ2n) is 11.7.